The second-order valence-corrected chi connectivity index (χ2v) is 4.11. The molecule has 0 radical (unpaired) electrons. The smallest absolute Gasteiger partial charge is 0.230 e. The molecule has 1 fully saturated rings. The summed E-state index contributed by atoms with van der Waals surface area (Å²) in [6.07, 6.45) is 0. The molecule has 0 aromatic rings. The maximum atomic E-state index is 10.9. The van der Waals surface area contributed by atoms with E-state index in [1.54, 1.807) is 13.8 Å². The third-order valence-electron chi connectivity index (χ3n) is 1.55. The molecule has 4 nitrogen and oxygen atoms in total. The van der Waals surface area contributed by atoms with Gasteiger partial charge in [-0.15, -0.1) is 16.7 Å². The molecule has 1 N–H and O–H groups in total. The normalized spacial score (nSPS) is 29.3. The lowest BCUT2D eigenvalue weighted by atomic mass is 10.1. The van der Waals surface area contributed by atoms with Crippen molar-refractivity contribution < 1.29 is 4.79 Å². The Morgan fingerprint density at radius 1 is 1.73 bits per heavy atom. The van der Waals surface area contributed by atoms with Crippen molar-refractivity contribution in [1.82, 2.24) is 5.32 Å². The molecule has 0 bridgehead atoms. The fourth-order valence-corrected chi connectivity index (χ4v) is 1.90. The van der Waals surface area contributed by atoms with Gasteiger partial charge in [-0.25, -0.2) is 0 Å². The van der Waals surface area contributed by atoms with Crippen molar-refractivity contribution in [3.8, 4) is 0 Å². The van der Waals surface area contributed by atoms with E-state index in [1.807, 2.05) is 0 Å². The van der Waals surface area contributed by atoms with Crippen LogP contribution in [-0.2, 0) is 4.79 Å². The van der Waals surface area contributed by atoms with Gasteiger partial charge in [0.15, 0.2) is 5.37 Å². The summed E-state index contributed by atoms with van der Waals surface area (Å²) in [5.74, 6) is 0.305. The first-order chi connectivity index (χ1) is 5.06. The number of amides is 1. The van der Waals surface area contributed by atoms with E-state index >= 15 is 0 Å². The van der Waals surface area contributed by atoms with E-state index in [-0.39, 0.29) is 11.3 Å². The van der Waals surface area contributed by atoms with Crippen LogP contribution in [0.3, 0.4) is 0 Å². The van der Waals surface area contributed by atoms with Crippen LogP contribution in [0.2, 0.25) is 0 Å². The Hall–Kier alpha value is -0.580. The fourth-order valence-electron chi connectivity index (χ4n) is 0.982. The van der Waals surface area contributed by atoms with Gasteiger partial charge in [-0.05, 0) is 13.8 Å². The van der Waals surface area contributed by atoms with E-state index in [9.17, 15) is 9.70 Å². The van der Waals surface area contributed by atoms with Gasteiger partial charge in [0, 0.05) is 0 Å². The van der Waals surface area contributed by atoms with E-state index in [0.717, 1.165) is 0 Å². The van der Waals surface area contributed by atoms with Gasteiger partial charge in [-0.2, -0.15) is 0 Å². The molecule has 1 rings (SSSR count). The first kappa shape index (κ1) is 8.52. The summed E-state index contributed by atoms with van der Waals surface area (Å²) in [5.41, 5.74) is -0.498. The van der Waals surface area contributed by atoms with Crippen molar-refractivity contribution in [2.75, 3.05) is 5.75 Å². The second-order valence-electron chi connectivity index (χ2n) is 3.04. The van der Waals surface area contributed by atoms with Gasteiger partial charge < -0.3 is 5.32 Å². The highest BCUT2D eigenvalue weighted by Crippen LogP contribution is 2.27. The number of carbonyl (C=O) groups is 1. The van der Waals surface area contributed by atoms with Gasteiger partial charge in [-0.3, -0.25) is 4.79 Å². The number of carbonyl (C=O) groups excluding carboxylic acids is 1. The summed E-state index contributed by atoms with van der Waals surface area (Å²) >= 11 is 1.29. The van der Waals surface area contributed by atoms with Crippen molar-refractivity contribution in [3.05, 3.63) is 4.91 Å². The van der Waals surface area contributed by atoms with Gasteiger partial charge in [0.1, 0.15) is 0 Å². The standard InChI is InChI=1S/C6H10N2O2S/c1-6(2)5(8-10)11-3-4(9)7-6/h5H,3H2,1-2H3,(H,7,9). The average Bonchev–Trinajstić information content (AvgIpc) is 1.85. The van der Waals surface area contributed by atoms with E-state index in [0.29, 0.717) is 5.75 Å². The predicted molar refractivity (Wildman–Crippen MR) is 44.3 cm³/mol. The summed E-state index contributed by atoms with van der Waals surface area (Å²) in [6, 6.07) is 0. The molecule has 11 heavy (non-hydrogen) atoms. The topological polar surface area (TPSA) is 58.5 Å². The van der Waals surface area contributed by atoms with Crippen molar-refractivity contribution in [2.24, 2.45) is 5.18 Å². The average molecular weight is 174 g/mol. The number of nitroso groups, excluding NO2 is 1. The minimum Gasteiger partial charge on any atom is -0.347 e. The second kappa shape index (κ2) is 2.81. The minimum atomic E-state index is -0.498. The van der Waals surface area contributed by atoms with Gasteiger partial charge in [0.25, 0.3) is 0 Å². The monoisotopic (exact) mass is 174 g/mol. The lowest BCUT2D eigenvalue weighted by molar-refractivity contribution is -0.120. The van der Waals surface area contributed by atoms with Gasteiger partial charge in [0.2, 0.25) is 5.91 Å². The number of nitrogens with zero attached hydrogens (tertiary/aromatic N) is 1. The zero-order valence-electron chi connectivity index (χ0n) is 6.46. The Balaban J connectivity index is 2.71. The molecule has 0 saturated carbocycles. The summed E-state index contributed by atoms with van der Waals surface area (Å²) in [5, 5.41) is 5.28. The molecule has 0 spiro atoms. The maximum Gasteiger partial charge on any atom is 0.230 e. The lowest BCUT2D eigenvalue weighted by Crippen LogP contribution is -2.54. The Kier molecular flexibility index (Phi) is 2.17. The van der Waals surface area contributed by atoms with Crippen LogP contribution in [0.25, 0.3) is 0 Å². The molecule has 1 amide bonds. The van der Waals surface area contributed by atoms with Gasteiger partial charge in [-0.1, -0.05) is 5.18 Å². The zero-order chi connectivity index (χ0) is 8.48. The Bertz CT molecular complexity index is 193. The Morgan fingerprint density at radius 3 is 2.82 bits per heavy atom. The first-order valence-electron chi connectivity index (χ1n) is 3.31. The zero-order valence-corrected chi connectivity index (χ0v) is 7.27. The largest absolute Gasteiger partial charge is 0.347 e. The van der Waals surface area contributed by atoms with Crippen LogP contribution >= 0.6 is 11.8 Å². The summed E-state index contributed by atoms with van der Waals surface area (Å²) in [7, 11) is 0. The number of hydrogen-bond donors (Lipinski definition) is 1. The quantitative estimate of drug-likeness (QED) is 0.596. The number of nitrogens with one attached hydrogen (secondary N) is 1. The highest BCUT2D eigenvalue weighted by molar-refractivity contribution is 8.00. The molecule has 1 saturated heterocycles. The highest BCUT2D eigenvalue weighted by Gasteiger charge is 2.36. The number of rotatable bonds is 1. The van der Waals surface area contributed by atoms with Crippen LogP contribution in [0.4, 0.5) is 0 Å². The maximum absolute atomic E-state index is 10.9. The molecule has 1 unspecified atom stereocenters. The molecular weight excluding hydrogens is 164 g/mol. The first-order valence-corrected chi connectivity index (χ1v) is 4.36. The Morgan fingerprint density at radius 2 is 2.36 bits per heavy atom. The van der Waals surface area contributed by atoms with Crippen LogP contribution in [0.5, 0.6) is 0 Å². The molecule has 1 aliphatic rings. The van der Waals surface area contributed by atoms with Crippen LogP contribution in [0.1, 0.15) is 13.8 Å². The summed E-state index contributed by atoms with van der Waals surface area (Å²) < 4.78 is 0. The van der Waals surface area contributed by atoms with E-state index in [4.69, 9.17) is 0 Å². The van der Waals surface area contributed by atoms with Crippen molar-refractivity contribution in [3.63, 3.8) is 0 Å². The van der Waals surface area contributed by atoms with Gasteiger partial charge in [0.05, 0.1) is 11.3 Å². The van der Waals surface area contributed by atoms with Crippen molar-refractivity contribution in [2.45, 2.75) is 24.8 Å². The van der Waals surface area contributed by atoms with Crippen molar-refractivity contribution >= 4 is 17.7 Å². The molecule has 1 aliphatic heterocycles. The molecule has 62 valence electrons. The molecule has 0 aromatic carbocycles. The lowest BCUT2D eigenvalue weighted by Gasteiger charge is -2.33. The van der Waals surface area contributed by atoms with E-state index in [1.165, 1.54) is 11.8 Å². The summed E-state index contributed by atoms with van der Waals surface area (Å²) in [6.45, 7) is 3.59. The van der Waals surface area contributed by atoms with Crippen LogP contribution < -0.4 is 5.32 Å². The Labute approximate surface area is 69.1 Å². The highest BCUT2D eigenvalue weighted by atomic mass is 32.2. The predicted octanol–water partition coefficient (Wildman–Crippen LogP) is 0.720. The molecule has 1 heterocycles. The number of hydrogen-bond acceptors (Lipinski definition) is 4. The van der Waals surface area contributed by atoms with E-state index < -0.39 is 5.54 Å². The summed E-state index contributed by atoms with van der Waals surface area (Å²) in [4.78, 5) is 21.1. The van der Waals surface area contributed by atoms with Crippen LogP contribution in [0, 0.1) is 4.91 Å². The third-order valence-corrected chi connectivity index (χ3v) is 2.97. The van der Waals surface area contributed by atoms with Crippen LogP contribution in [-0.4, -0.2) is 22.6 Å². The molecule has 0 aromatic heterocycles. The van der Waals surface area contributed by atoms with E-state index in [2.05, 4.69) is 10.5 Å². The SMILES string of the molecule is CC1(C)NC(=O)CSC1N=O. The molecule has 0 aliphatic carbocycles. The minimum absolute atomic E-state index is 0.0279. The number of thioether (sulfide) groups is 1. The fraction of sp³-hybridized carbons (Fsp3) is 0.833. The molecule has 5 heteroatoms. The van der Waals surface area contributed by atoms with Crippen LogP contribution in [0.15, 0.2) is 5.18 Å². The molecule has 1 atom stereocenters. The third kappa shape index (κ3) is 1.71. The van der Waals surface area contributed by atoms with Gasteiger partial charge >= 0.3 is 0 Å². The molecular formula is C6H10N2O2S. The van der Waals surface area contributed by atoms with Crippen molar-refractivity contribution in [1.29, 1.82) is 0 Å².